The Labute approximate surface area is 193 Å². The lowest BCUT2D eigenvalue weighted by molar-refractivity contribution is -0.140. The van der Waals surface area contributed by atoms with Gasteiger partial charge >= 0.3 is 0 Å². The van der Waals surface area contributed by atoms with Crippen LogP contribution < -0.4 is 4.74 Å². The molecule has 3 rings (SSSR count). The van der Waals surface area contributed by atoms with Crippen molar-refractivity contribution in [1.82, 2.24) is 4.90 Å². The highest BCUT2D eigenvalue weighted by Gasteiger charge is 2.46. The van der Waals surface area contributed by atoms with Crippen molar-refractivity contribution >= 4 is 29.1 Å². The summed E-state index contributed by atoms with van der Waals surface area (Å²) in [4.78, 5) is 27.2. The number of likely N-dealkylation sites (tertiary alicyclic amines) is 1. The molecule has 1 unspecified atom stereocenters. The molecule has 7 heteroatoms. The van der Waals surface area contributed by atoms with E-state index in [2.05, 4.69) is 6.92 Å². The summed E-state index contributed by atoms with van der Waals surface area (Å²) in [6.45, 7) is 3.19. The monoisotopic (exact) mass is 457 g/mol. The normalized spacial score (nSPS) is 17.7. The highest BCUT2D eigenvalue weighted by Crippen LogP contribution is 2.40. The molecule has 0 aliphatic carbocycles. The molecule has 0 aromatic heterocycles. The Kier molecular flexibility index (Phi) is 8.31. The molecule has 1 fully saturated rings. The van der Waals surface area contributed by atoms with E-state index in [1.165, 1.54) is 12.0 Å². The first-order valence-electron chi connectivity index (χ1n) is 10.7. The molecule has 1 aliphatic heterocycles. The van der Waals surface area contributed by atoms with Crippen molar-refractivity contribution < 1.29 is 24.2 Å². The zero-order valence-corrected chi connectivity index (χ0v) is 19.1. The summed E-state index contributed by atoms with van der Waals surface area (Å²) in [5.74, 6) is -0.980. The smallest absolute Gasteiger partial charge is 0.295 e. The molecule has 6 nitrogen and oxygen atoms in total. The van der Waals surface area contributed by atoms with Crippen molar-refractivity contribution in [2.45, 2.75) is 32.2 Å². The number of unbranched alkanes of at least 4 members (excludes halogenated alkanes) is 2. The molecule has 1 atom stereocenters. The van der Waals surface area contributed by atoms with Gasteiger partial charge in [-0.1, -0.05) is 43.5 Å². The molecule has 170 valence electrons. The maximum atomic E-state index is 13.0. The number of nitrogens with zero attached hydrogens (tertiary/aromatic N) is 1. The molecular formula is C25H28ClNO5. The molecule has 1 heterocycles. The standard InChI is InChI=1S/C25H28ClNO5/c1-3-4-5-14-32-20-8-6-7-18(16-20)22-21(23(28)17-9-11-19(26)12-10-17)24(29)25(30)27(22)13-15-31-2/h6-12,16,22,28H,3-5,13-15H2,1-2H3. The van der Waals surface area contributed by atoms with Crippen LogP contribution in [0.25, 0.3) is 5.76 Å². The van der Waals surface area contributed by atoms with Crippen LogP contribution in [0.15, 0.2) is 54.1 Å². The molecule has 1 aliphatic rings. The number of aliphatic hydroxyl groups excluding tert-OH is 1. The maximum absolute atomic E-state index is 13.0. The fourth-order valence-electron chi connectivity index (χ4n) is 3.73. The molecule has 1 amide bonds. The number of rotatable bonds is 10. The predicted molar refractivity (Wildman–Crippen MR) is 124 cm³/mol. The van der Waals surface area contributed by atoms with Gasteiger partial charge in [-0.3, -0.25) is 9.59 Å². The Morgan fingerprint density at radius 1 is 1.09 bits per heavy atom. The van der Waals surface area contributed by atoms with E-state index >= 15 is 0 Å². The van der Waals surface area contributed by atoms with Gasteiger partial charge in [-0.2, -0.15) is 0 Å². The minimum absolute atomic E-state index is 0.0385. The van der Waals surface area contributed by atoms with Crippen LogP contribution in [0.5, 0.6) is 5.75 Å². The minimum atomic E-state index is -0.750. The quantitative estimate of drug-likeness (QED) is 0.236. The number of carbonyl (C=O) groups excluding carboxylic acids is 2. The number of ether oxygens (including phenoxy) is 2. The summed E-state index contributed by atoms with van der Waals surface area (Å²) < 4.78 is 11.0. The van der Waals surface area contributed by atoms with Gasteiger partial charge in [0.1, 0.15) is 11.5 Å². The lowest BCUT2D eigenvalue weighted by Gasteiger charge is -2.25. The zero-order chi connectivity index (χ0) is 23.1. The summed E-state index contributed by atoms with van der Waals surface area (Å²) in [5.41, 5.74) is 1.14. The maximum Gasteiger partial charge on any atom is 0.295 e. The van der Waals surface area contributed by atoms with Crippen molar-refractivity contribution in [3.8, 4) is 5.75 Å². The number of hydrogen-bond acceptors (Lipinski definition) is 5. The van der Waals surface area contributed by atoms with E-state index in [0.29, 0.717) is 28.5 Å². The van der Waals surface area contributed by atoms with Gasteiger partial charge in [0.15, 0.2) is 0 Å². The Bertz CT molecular complexity index is 986. The van der Waals surface area contributed by atoms with E-state index < -0.39 is 17.7 Å². The minimum Gasteiger partial charge on any atom is -0.507 e. The Morgan fingerprint density at radius 3 is 2.53 bits per heavy atom. The first-order chi connectivity index (χ1) is 15.5. The summed E-state index contributed by atoms with van der Waals surface area (Å²) >= 11 is 5.96. The van der Waals surface area contributed by atoms with E-state index in [1.807, 2.05) is 24.3 Å². The van der Waals surface area contributed by atoms with Gasteiger partial charge in [-0.05, 0) is 48.4 Å². The van der Waals surface area contributed by atoms with Crippen LogP contribution in [0.2, 0.25) is 5.02 Å². The van der Waals surface area contributed by atoms with Gasteiger partial charge in [-0.25, -0.2) is 0 Å². The van der Waals surface area contributed by atoms with E-state index in [-0.39, 0.29) is 24.5 Å². The molecule has 1 saturated heterocycles. The highest BCUT2D eigenvalue weighted by atomic mass is 35.5. The topological polar surface area (TPSA) is 76.1 Å². The molecule has 0 spiro atoms. The van der Waals surface area contributed by atoms with Crippen molar-refractivity contribution in [1.29, 1.82) is 0 Å². The number of halogens is 1. The first-order valence-corrected chi connectivity index (χ1v) is 11.1. The average Bonchev–Trinajstić information content (AvgIpc) is 3.05. The number of benzene rings is 2. The third-order valence-corrected chi connectivity index (χ3v) is 5.64. The van der Waals surface area contributed by atoms with Gasteiger partial charge in [0.05, 0.1) is 24.8 Å². The van der Waals surface area contributed by atoms with E-state index in [9.17, 15) is 14.7 Å². The number of ketones is 1. The number of aliphatic hydroxyl groups is 1. The fraction of sp³-hybridized carbons (Fsp3) is 0.360. The largest absolute Gasteiger partial charge is 0.507 e. The molecule has 2 aromatic rings. The van der Waals surface area contributed by atoms with Crippen LogP contribution >= 0.6 is 11.6 Å². The Balaban J connectivity index is 2.02. The van der Waals surface area contributed by atoms with E-state index in [1.54, 1.807) is 24.3 Å². The second-order valence-corrected chi connectivity index (χ2v) is 8.06. The molecule has 32 heavy (non-hydrogen) atoms. The number of amides is 1. The van der Waals surface area contributed by atoms with Crippen LogP contribution in [0, 0.1) is 0 Å². The second kappa shape index (κ2) is 11.2. The zero-order valence-electron chi connectivity index (χ0n) is 18.3. The van der Waals surface area contributed by atoms with Crippen LogP contribution in [0.4, 0.5) is 0 Å². The van der Waals surface area contributed by atoms with Crippen molar-refractivity contribution in [2.24, 2.45) is 0 Å². The highest BCUT2D eigenvalue weighted by molar-refractivity contribution is 6.46. The number of carbonyl (C=O) groups is 2. The van der Waals surface area contributed by atoms with Gasteiger partial charge in [0.25, 0.3) is 11.7 Å². The van der Waals surface area contributed by atoms with Crippen LogP contribution in [-0.4, -0.2) is 48.6 Å². The van der Waals surface area contributed by atoms with Gasteiger partial charge in [0, 0.05) is 24.2 Å². The van der Waals surface area contributed by atoms with Gasteiger partial charge in [0.2, 0.25) is 0 Å². The SMILES string of the molecule is CCCCCOc1cccc(C2C(=C(O)c3ccc(Cl)cc3)C(=O)C(=O)N2CCOC)c1. The van der Waals surface area contributed by atoms with Crippen LogP contribution in [0.3, 0.4) is 0 Å². The Morgan fingerprint density at radius 2 is 1.84 bits per heavy atom. The fourth-order valence-corrected chi connectivity index (χ4v) is 3.85. The molecule has 0 saturated carbocycles. The predicted octanol–water partition coefficient (Wildman–Crippen LogP) is 4.98. The molecule has 1 N–H and O–H groups in total. The molecular weight excluding hydrogens is 430 g/mol. The summed E-state index contributed by atoms with van der Waals surface area (Å²) in [7, 11) is 1.53. The van der Waals surface area contributed by atoms with Crippen LogP contribution in [0.1, 0.15) is 43.4 Å². The lowest BCUT2D eigenvalue weighted by Crippen LogP contribution is -2.32. The number of Topliss-reactive ketones (excluding diaryl/α,β-unsaturated/α-hetero) is 1. The molecule has 0 bridgehead atoms. The number of methoxy groups -OCH3 is 1. The first kappa shape index (κ1) is 23.8. The Hall–Kier alpha value is -2.83. The number of hydrogen-bond donors (Lipinski definition) is 1. The van der Waals surface area contributed by atoms with Gasteiger partial charge in [-0.15, -0.1) is 0 Å². The van der Waals surface area contributed by atoms with Crippen molar-refractivity contribution in [3.05, 3.63) is 70.3 Å². The summed E-state index contributed by atoms with van der Waals surface area (Å²) in [6.07, 6.45) is 3.13. The third-order valence-electron chi connectivity index (χ3n) is 5.38. The van der Waals surface area contributed by atoms with E-state index in [4.69, 9.17) is 21.1 Å². The second-order valence-electron chi connectivity index (χ2n) is 7.62. The summed E-state index contributed by atoms with van der Waals surface area (Å²) in [5, 5.41) is 11.5. The van der Waals surface area contributed by atoms with Crippen molar-refractivity contribution in [3.63, 3.8) is 0 Å². The lowest BCUT2D eigenvalue weighted by atomic mass is 9.95. The van der Waals surface area contributed by atoms with E-state index in [0.717, 1.165) is 19.3 Å². The van der Waals surface area contributed by atoms with Crippen molar-refractivity contribution in [2.75, 3.05) is 26.9 Å². The molecule has 0 radical (unpaired) electrons. The third kappa shape index (κ3) is 5.31. The van der Waals surface area contributed by atoms with Gasteiger partial charge < -0.3 is 19.5 Å². The van der Waals surface area contributed by atoms with Crippen LogP contribution in [-0.2, 0) is 14.3 Å². The average molecular weight is 458 g/mol. The summed E-state index contributed by atoms with van der Waals surface area (Å²) in [6, 6.07) is 13.0. The molecule has 2 aromatic carbocycles.